The molecule has 1 fully saturated rings. The van der Waals surface area contributed by atoms with Crippen molar-refractivity contribution in [3.63, 3.8) is 0 Å². The number of halogens is 1. The number of hydrogen-bond acceptors (Lipinski definition) is 3. The summed E-state index contributed by atoms with van der Waals surface area (Å²) in [5, 5.41) is 6.75. The second kappa shape index (κ2) is 11.9. The van der Waals surface area contributed by atoms with Crippen molar-refractivity contribution in [2.45, 2.75) is 65.2 Å². The van der Waals surface area contributed by atoms with Gasteiger partial charge in [0.1, 0.15) is 0 Å². The van der Waals surface area contributed by atoms with Crippen LogP contribution in [0.5, 0.6) is 0 Å². The number of carbonyl (C=O) groups excluding carboxylic acids is 1. The zero-order valence-electron chi connectivity index (χ0n) is 19.4. The average molecular weight is 530 g/mol. The Hall–Kier alpha value is -1.35. The largest absolute Gasteiger partial charge is 0.371 e. The number of hydrogen-bond donors (Lipinski definition) is 2. The van der Waals surface area contributed by atoms with Crippen molar-refractivity contribution in [1.82, 2.24) is 15.5 Å². The molecule has 0 saturated heterocycles. The van der Waals surface area contributed by atoms with Crippen LogP contribution in [0.2, 0.25) is 0 Å². The van der Waals surface area contributed by atoms with E-state index in [-0.39, 0.29) is 40.9 Å². The van der Waals surface area contributed by atoms with E-state index in [1.807, 2.05) is 14.1 Å². The molecular formula is C23H39IN4O2. The van der Waals surface area contributed by atoms with E-state index in [4.69, 9.17) is 4.74 Å². The summed E-state index contributed by atoms with van der Waals surface area (Å²) in [5.41, 5.74) is 1.86. The Bertz CT molecular complexity index is 707. The molecule has 1 amide bonds. The molecule has 0 aliphatic heterocycles. The number of benzene rings is 1. The van der Waals surface area contributed by atoms with Crippen molar-refractivity contribution in [3.8, 4) is 0 Å². The van der Waals surface area contributed by atoms with Crippen molar-refractivity contribution >= 4 is 35.8 Å². The first-order chi connectivity index (χ1) is 13.6. The second-order valence-corrected chi connectivity index (χ2v) is 9.19. The Labute approximate surface area is 199 Å². The lowest BCUT2D eigenvalue weighted by Crippen LogP contribution is -2.49. The summed E-state index contributed by atoms with van der Waals surface area (Å²) in [4.78, 5) is 18.8. The molecule has 0 aromatic heterocycles. The molecule has 0 spiro atoms. The van der Waals surface area contributed by atoms with Crippen molar-refractivity contribution in [3.05, 3.63) is 35.4 Å². The predicted molar refractivity (Wildman–Crippen MR) is 134 cm³/mol. The number of aliphatic imine (C=N–C) groups is 1. The molecule has 2 N–H and O–H groups in total. The molecule has 0 unspecified atom stereocenters. The number of rotatable bonds is 7. The first kappa shape index (κ1) is 26.7. The number of amides is 1. The van der Waals surface area contributed by atoms with Gasteiger partial charge in [0.15, 0.2) is 5.96 Å². The molecule has 0 bridgehead atoms. The summed E-state index contributed by atoms with van der Waals surface area (Å²) in [7, 11) is 5.44. The van der Waals surface area contributed by atoms with Gasteiger partial charge in [0.05, 0.1) is 17.6 Å². The maximum absolute atomic E-state index is 12.7. The van der Waals surface area contributed by atoms with Crippen LogP contribution in [0.3, 0.4) is 0 Å². The number of guanidine groups is 1. The smallest absolute Gasteiger partial charge is 0.230 e. The van der Waals surface area contributed by atoms with E-state index in [1.165, 1.54) is 5.56 Å². The minimum absolute atomic E-state index is 0. The van der Waals surface area contributed by atoms with E-state index in [2.05, 4.69) is 60.7 Å². The molecule has 1 saturated carbocycles. The van der Waals surface area contributed by atoms with Crippen LogP contribution in [0.25, 0.3) is 0 Å². The molecule has 1 aliphatic rings. The Morgan fingerprint density at radius 3 is 2.37 bits per heavy atom. The van der Waals surface area contributed by atoms with E-state index in [1.54, 1.807) is 11.9 Å². The van der Waals surface area contributed by atoms with Crippen LogP contribution in [-0.2, 0) is 22.7 Å². The quantitative estimate of drug-likeness (QED) is 0.319. The zero-order chi connectivity index (χ0) is 21.5. The lowest BCUT2D eigenvalue weighted by Gasteiger charge is -2.31. The summed E-state index contributed by atoms with van der Waals surface area (Å²) < 4.78 is 5.87. The average Bonchev–Trinajstić information content (AvgIpc) is 3.15. The van der Waals surface area contributed by atoms with Crippen LogP contribution in [0.1, 0.15) is 57.6 Å². The lowest BCUT2D eigenvalue weighted by atomic mass is 9.84. The Balaban J connectivity index is 0.00000450. The highest BCUT2D eigenvalue weighted by Crippen LogP contribution is 2.38. The van der Waals surface area contributed by atoms with E-state index in [9.17, 15) is 4.79 Å². The second-order valence-electron chi connectivity index (χ2n) is 9.19. The molecule has 0 radical (unpaired) electrons. The molecule has 1 aromatic carbocycles. The standard InChI is InChI=1S/C23H38N4O2.HI/c1-22(2,3)29-16-19-11-9-10-18(14-19)15-25-21(24-4)26-17-23(12-7-8-13-23)20(28)27(5)6;/h9-11,14H,7-8,12-13,15-17H2,1-6H3,(H2,24,25,26);1H. The highest BCUT2D eigenvalue weighted by Gasteiger charge is 2.42. The molecule has 1 aromatic rings. The summed E-state index contributed by atoms with van der Waals surface area (Å²) in [6, 6.07) is 8.38. The Morgan fingerprint density at radius 2 is 1.80 bits per heavy atom. The molecule has 2 rings (SSSR count). The third-order valence-corrected chi connectivity index (χ3v) is 5.36. The Kier molecular flexibility index (Phi) is 10.6. The minimum atomic E-state index is -0.314. The highest BCUT2D eigenvalue weighted by atomic mass is 127. The summed E-state index contributed by atoms with van der Waals surface area (Å²) >= 11 is 0. The topological polar surface area (TPSA) is 66.0 Å². The van der Waals surface area contributed by atoms with E-state index >= 15 is 0 Å². The van der Waals surface area contributed by atoms with E-state index < -0.39 is 0 Å². The van der Waals surface area contributed by atoms with Gasteiger partial charge < -0.3 is 20.3 Å². The van der Waals surface area contributed by atoms with Gasteiger partial charge in [-0.15, -0.1) is 24.0 Å². The summed E-state index contributed by atoms with van der Waals surface area (Å²) in [6.07, 6.45) is 4.08. The van der Waals surface area contributed by atoms with Crippen molar-refractivity contribution in [1.29, 1.82) is 0 Å². The van der Waals surface area contributed by atoms with Crippen molar-refractivity contribution in [2.24, 2.45) is 10.4 Å². The van der Waals surface area contributed by atoms with Crippen LogP contribution in [0, 0.1) is 5.41 Å². The van der Waals surface area contributed by atoms with E-state index in [0.29, 0.717) is 19.7 Å². The summed E-state index contributed by atoms with van der Waals surface area (Å²) in [5.74, 6) is 0.934. The van der Waals surface area contributed by atoms with Gasteiger partial charge in [0.25, 0.3) is 0 Å². The third-order valence-electron chi connectivity index (χ3n) is 5.36. The maximum atomic E-state index is 12.7. The molecule has 1 aliphatic carbocycles. The predicted octanol–water partition coefficient (Wildman–Crippen LogP) is 3.93. The van der Waals surface area contributed by atoms with Gasteiger partial charge in [0.2, 0.25) is 5.91 Å². The molecule has 0 heterocycles. The van der Waals surface area contributed by atoms with Crippen LogP contribution >= 0.6 is 24.0 Å². The molecular weight excluding hydrogens is 491 g/mol. The molecule has 0 atom stereocenters. The number of ether oxygens (including phenoxy) is 1. The van der Waals surface area contributed by atoms with Crippen LogP contribution < -0.4 is 10.6 Å². The first-order valence-electron chi connectivity index (χ1n) is 10.5. The molecule has 30 heavy (non-hydrogen) atoms. The SMILES string of the molecule is CN=C(NCc1cccc(COC(C)(C)C)c1)NCC1(C(=O)N(C)C)CCCC1.I. The van der Waals surface area contributed by atoms with Gasteiger partial charge in [-0.05, 0) is 44.7 Å². The normalized spacial score (nSPS) is 16.0. The fraction of sp³-hybridized carbons (Fsp3) is 0.652. The fourth-order valence-corrected chi connectivity index (χ4v) is 3.78. The third kappa shape index (κ3) is 8.06. The molecule has 170 valence electrons. The van der Waals surface area contributed by atoms with Gasteiger partial charge in [-0.2, -0.15) is 0 Å². The van der Waals surface area contributed by atoms with Crippen molar-refractivity contribution < 1.29 is 9.53 Å². The van der Waals surface area contributed by atoms with Gasteiger partial charge in [-0.1, -0.05) is 37.1 Å². The summed E-state index contributed by atoms with van der Waals surface area (Å²) in [6.45, 7) is 8.06. The Morgan fingerprint density at radius 1 is 1.17 bits per heavy atom. The van der Waals surface area contributed by atoms with Gasteiger partial charge >= 0.3 is 0 Å². The number of carbonyl (C=O) groups is 1. The van der Waals surface area contributed by atoms with E-state index in [0.717, 1.165) is 37.2 Å². The lowest BCUT2D eigenvalue weighted by molar-refractivity contribution is -0.138. The maximum Gasteiger partial charge on any atom is 0.230 e. The first-order valence-corrected chi connectivity index (χ1v) is 10.5. The fourth-order valence-electron chi connectivity index (χ4n) is 3.78. The zero-order valence-corrected chi connectivity index (χ0v) is 21.7. The molecule has 7 heteroatoms. The van der Waals surface area contributed by atoms with Gasteiger partial charge in [-0.3, -0.25) is 9.79 Å². The van der Waals surface area contributed by atoms with Crippen LogP contribution in [-0.4, -0.2) is 50.1 Å². The highest BCUT2D eigenvalue weighted by molar-refractivity contribution is 14.0. The number of nitrogens with zero attached hydrogens (tertiary/aromatic N) is 2. The monoisotopic (exact) mass is 530 g/mol. The van der Waals surface area contributed by atoms with Crippen molar-refractivity contribution in [2.75, 3.05) is 27.7 Å². The number of nitrogens with one attached hydrogen (secondary N) is 2. The van der Waals surface area contributed by atoms with Crippen LogP contribution in [0.4, 0.5) is 0 Å². The minimum Gasteiger partial charge on any atom is -0.371 e. The molecule has 6 nitrogen and oxygen atoms in total. The van der Waals surface area contributed by atoms with Crippen LogP contribution in [0.15, 0.2) is 29.3 Å². The van der Waals surface area contributed by atoms with Gasteiger partial charge in [-0.25, -0.2) is 0 Å². The van der Waals surface area contributed by atoms with Gasteiger partial charge in [0, 0.05) is 34.2 Å².